The van der Waals surface area contributed by atoms with Gasteiger partial charge in [0.25, 0.3) is 0 Å². The van der Waals surface area contributed by atoms with Crippen molar-refractivity contribution >= 4 is 41.7 Å². The number of amides is 3. The molecule has 2 aromatic rings. The van der Waals surface area contributed by atoms with Crippen molar-refractivity contribution in [3.63, 3.8) is 0 Å². The Bertz CT molecular complexity index is 1670. The molecule has 0 aliphatic heterocycles. The van der Waals surface area contributed by atoms with Crippen molar-refractivity contribution in [2.24, 2.45) is 0 Å². The summed E-state index contributed by atoms with van der Waals surface area (Å²) in [6.45, 7) is 5.13. The summed E-state index contributed by atoms with van der Waals surface area (Å²) < 4.78 is 26.8. The molecule has 0 saturated carbocycles. The Balaban J connectivity index is 1.83. The highest BCUT2D eigenvalue weighted by molar-refractivity contribution is 5.96. The molecule has 3 N–H and O–H groups in total. The van der Waals surface area contributed by atoms with Gasteiger partial charge < -0.3 is 39.6 Å². The molecule has 14 nitrogen and oxygen atoms in total. The molecular formula is C49H73N3O11. The largest absolute Gasteiger partial charge is 0.493 e. The highest BCUT2D eigenvalue weighted by Gasteiger charge is 2.28. The molecule has 0 unspecified atom stereocenters. The quantitative estimate of drug-likeness (QED) is 0.0263. The Hall–Kier alpha value is -5.24. The number of hydrogen-bond donors (Lipinski definition) is 3. The molecule has 0 saturated heterocycles. The lowest BCUT2D eigenvalue weighted by atomic mass is 10.0. The summed E-state index contributed by atoms with van der Waals surface area (Å²) >= 11 is 0. The van der Waals surface area contributed by atoms with Gasteiger partial charge in [0.05, 0.1) is 40.1 Å². The maximum atomic E-state index is 13.4. The second kappa shape index (κ2) is 34.3. The summed E-state index contributed by atoms with van der Waals surface area (Å²) in [5.74, 6) is -3.06. The molecule has 0 aromatic heterocycles. The van der Waals surface area contributed by atoms with Crippen LogP contribution in [0.15, 0.2) is 54.6 Å². The molecule has 2 atom stereocenters. The third kappa shape index (κ3) is 25.5. The molecule has 0 radical (unpaired) electrons. The number of hydrogen-bond acceptors (Lipinski definition) is 11. The van der Waals surface area contributed by atoms with E-state index in [4.69, 9.17) is 23.7 Å². The fourth-order valence-corrected chi connectivity index (χ4v) is 6.64. The Morgan fingerprint density at radius 1 is 0.651 bits per heavy atom. The normalized spacial score (nSPS) is 11.9. The van der Waals surface area contributed by atoms with Gasteiger partial charge in [-0.2, -0.15) is 0 Å². The molecule has 14 heteroatoms. The molecule has 0 spiro atoms. The van der Waals surface area contributed by atoms with Crippen molar-refractivity contribution < 1.29 is 52.5 Å². The van der Waals surface area contributed by atoms with Gasteiger partial charge in [-0.05, 0) is 56.0 Å². The Morgan fingerprint density at radius 3 is 1.87 bits per heavy atom. The molecule has 0 aliphatic carbocycles. The number of methoxy groups -OCH3 is 1. The molecule has 3 amide bonds. The second-order valence-electron chi connectivity index (χ2n) is 15.4. The fraction of sp³-hybridized carbons (Fsp3) is 0.592. The van der Waals surface area contributed by atoms with Gasteiger partial charge in [0.1, 0.15) is 12.1 Å². The van der Waals surface area contributed by atoms with Gasteiger partial charge in [0.15, 0.2) is 11.5 Å². The minimum absolute atomic E-state index is 0.0486. The Morgan fingerprint density at radius 2 is 1.27 bits per heavy atom. The molecule has 2 aromatic carbocycles. The third-order valence-electron chi connectivity index (χ3n) is 10.1. The monoisotopic (exact) mass is 880 g/mol. The number of ether oxygens (including phenoxy) is 5. The SMILES string of the molecule is CCCCCCCCCCCCCCCCCC(=O)Oc1ccc(/C=C/C(=O)NCC(=O)N[C@@H](COCc2ccccc2)C(=O)N[C@H](CCC(=O)OCC)C(=O)OCC)cc1OC. The number of unbranched alkanes of at least 4 members (excludes halogenated alkanes) is 14. The fourth-order valence-electron chi connectivity index (χ4n) is 6.64. The van der Waals surface area contributed by atoms with E-state index in [1.165, 1.54) is 96.3 Å². The van der Waals surface area contributed by atoms with E-state index in [0.717, 1.165) is 24.8 Å². The number of benzene rings is 2. The summed E-state index contributed by atoms with van der Waals surface area (Å²) in [5, 5.41) is 7.59. The van der Waals surface area contributed by atoms with E-state index >= 15 is 0 Å². The molecule has 63 heavy (non-hydrogen) atoms. The number of rotatable bonds is 35. The van der Waals surface area contributed by atoms with Crippen LogP contribution in [0.25, 0.3) is 6.08 Å². The van der Waals surface area contributed by atoms with Crippen LogP contribution in [0.3, 0.4) is 0 Å². The minimum Gasteiger partial charge on any atom is -0.493 e. The van der Waals surface area contributed by atoms with Gasteiger partial charge in [0, 0.05) is 18.9 Å². The summed E-state index contributed by atoms with van der Waals surface area (Å²) in [5.41, 5.74) is 1.42. The summed E-state index contributed by atoms with van der Waals surface area (Å²) in [6, 6.07) is 11.6. The van der Waals surface area contributed by atoms with Crippen LogP contribution in [0.5, 0.6) is 11.5 Å². The lowest BCUT2D eigenvalue weighted by molar-refractivity contribution is -0.149. The maximum Gasteiger partial charge on any atom is 0.328 e. The smallest absolute Gasteiger partial charge is 0.328 e. The van der Waals surface area contributed by atoms with E-state index in [-0.39, 0.29) is 51.0 Å². The highest BCUT2D eigenvalue weighted by atomic mass is 16.6. The number of nitrogens with one attached hydrogen (secondary N) is 3. The molecule has 0 bridgehead atoms. The number of carbonyl (C=O) groups is 6. The van der Waals surface area contributed by atoms with Gasteiger partial charge in [0.2, 0.25) is 17.7 Å². The van der Waals surface area contributed by atoms with Gasteiger partial charge >= 0.3 is 17.9 Å². The topological polar surface area (TPSA) is 185 Å². The first-order valence-electron chi connectivity index (χ1n) is 23.0. The van der Waals surface area contributed by atoms with E-state index < -0.39 is 48.3 Å². The van der Waals surface area contributed by atoms with E-state index in [0.29, 0.717) is 17.7 Å². The van der Waals surface area contributed by atoms with E-state index in [2.05, 4.69) is 22.9 Å². The summed E-state index contributed by atoms with van der Waals surface area (Å²) in [7, 11) is 1.46. The molecule has 350 valence electrons. The van der Waals surface area contributed by atoms with Gasteiger partial charge in [-0.15, -0.1) is 0 Å². The van der Waals surface area contributed by atoms with Crippen molar-refractivity contribution in [2.75, 3.05) is 33.5 Å². The molecule has 0 aliphatic rings. The van der Waals surface area contributed by atoms with Crippen LogP contribution in [-0.2, 0) is 49.6 Å². The average Bonchev–Trinajstić information content (AvgIpc) is 3.28. The van der Waals surface area contributed by atoms with Crippen molar-refractivity contribution in [3.8, 4) is 11.5 Å². The molecular weight excluding hydrogens is 807 g/mol. The predicted molar refractivity (Wildman–Crippen MR) is 243 cm³/mol. The van der Waals surface area contributed by atoms with Crippen LogP contribution in [0, 0.1) is 0 Å². The van der Waals surface area contributed by atoms with Crippen molar-refractivity contribution in [1.29, 1.82) is 0 Å². The average molecular weight is 880 g/mol. The Labute approximate surface area is 374 Å². The summed E-state index contributed by atoms with van der Waals surface area (Å²) in [6.07, 6.45) is 21.5. The lowest BCUT2D eigenvalue weighted by Gasteiger charge is -2.22. The number of esters is 3. The zero-order chi connectivity index (χ0) is 45.9. The second-order valence-corrected chi connectivity index (χ2v) is 15.4. The first-order chi connectivity index (χ1) is 30.6. The zero-order valence-corrected chi connectivity index (χ0v) is 38.2. The van der Waals surface area contributed by atoms with Crippen LogP contribution < -0.4 is 25.4 Å². The van der Waals surface area contributed by atoms with Crippen LogP contribution in [0.2, 0.25) is 0 Å². The zero-order valence-electron chi connectivity index (χ0n) is 38.2. The lowest BCUT2D eigenvalue weighted by Crippen LogP contribution is -2.55. The van der Waals surface area contributed by atoms with Gasteiger partial charge in [-0.1, -0.05) is 133 Å². The first kappa shape index (κ1) is 53.9. The van der Waals surface area contributed by atoms with E-state index in [9.17, 15) is 28.8 Å². The minimum atomic E-state index is -1.27. The van der Waals surface area contributed by atoms with Crippen LogP contribution >= 0.6 is 0 Å². The highest BCUT2D eigenvalue weighted by Crippen LogP contribution is 2.29. The van der Waals surface area contributed by atoms with Crippen molar-refractivity contribution in [2.45, 2.75) is 155 Å². The number of carbonyl (C=O) groups excluding carboxylic acids is 6. The van der Waals surface area contributed by atoms with Crippen molar-refractivity contribution in [3.05, 3.63) is 65.7 Å². The van der Waals surface area contributed by atoms with Crippen LogP contribution in [0.1, 0.15) is 147 Å². The molecule has 2 rings (SSSR count). The standard InChI is InChI=1S/C49H73N3O11/c1-5-8-9-10-11-12-13-14-15-16-17-18-19-20-24-27-47(56)63-42-31-28-38(34-43(42)59-4)29-32-44(53)50-35-45(54)51-41(37-60-36-39-25-22-21-23-26-39)48(57)52-40(49(58)62-7-3)30-33-46(55)61-6-2/h21-23,25-26,28-29,31-32,34,40-41H,5-20,24,27,30,33,35-37H2,1-4H3,(H,50,53)(H,51,54)(H,52,57)/b32-29+/t40-,41+/m1/s1. The first-order valence-corrected chi connectivity index (χ1v) is 23.0. The van der Waals surface area contributed by atoms with Crippen molar-refractivity contribution in [1.82, 2.24) is 16.0 Å². The predicted octanol–water partition coefficient (Wildman–Crippen LogP) is 8.08. The van der Waals surface area contributed by atoms with Crippen LogP contribution in [0.4, 0.5) is 0 Å². The summed E-state index contributed by atoms with van der Waals surface area (Å²) in [4.78, 5) is 76.3. The third-order valence-corrected chi connectivity index (χ3v) is 10.1. The van der Waals surface area contributed by atoms with Gasteiger partial charge in [-0.3, -0.25) is 24.0 Å². The molecule has 0 fully saturated rings. The Kier molecular flexibility index (Phi) is 29.3. The maximum absolute atomic E-state index is 13.4. The van der Waals surface area contributed by atoms with E-state index in [1.54, 1.807) is 32.0 Å². The van der Waals surface area contributed by atoms with Gasteiger partial charge in [-0.25, -0.2) is 4.79 Å². The van der Waals surface area contributed by atoms with E-state index in [1.807, 2.05) is 30.3 Å². The molecule has 0 heterocycles. The van der Waals surface area contributed by atoms with Crippen LogP contribution in [-0.4, -0.2) is 81.2 Å².